The lowest BCUT2D eigenvalue weighted by Crippen LogP contribution is -2.40. The molecule has 134 valence electrons. The zero-order valence-corrected chi connectivity index (χ0v) is 15.5. The van der Waals surface area contributed by atoms with Gasteiger partial charge in [-0.05, 0) is 24.1 Å². The van der Waals surface area contributed by atoms with E-state index in [-0.39, 0.29) is 11.9 Å². The van der Waals surface area contributed by atoms with Crippen LogP contribution in [-0.2, 0) is 25.9 Å². The van der Waals surface area contributed by atoms with E-state index in [0.717, 1.165) is 5.56 Å². The lowest BCUT2D eigenvalue weighted by Gasteiger charge is -2.15. The second-order valence-corrected chi connectivity index (χ2v) is 7.59. The second-order valence-electron chi connectivity index (χ2n) is 5.60. The van der Waals surface area contributed by atoms with Crippen molar-refractivity contribution in [3.8, 4) is 0 Å². The lowest BCUT2D eigenvalue weighted by atomic mass is 10.1. The fourth-order valence-corrected chi connectivity index (χ4v) is 3.14. The highest BCUT2D eigenvalue weighted by molar-refractivity contribution is 7.90. The smallest absolute Gasteiger partial charge is 0.310 e. The number of hydrogen-bond donors (Lipinski definition) is 2. The number of rotatable bonds is 6. The first-order valence-electron chi connectivity index (χ1n) is 7.51. The number of aryl methyl sites for hydroxylation is 1. The van der Waals surface area contributed by atoms with E-state index < -0.39 is 9.84 Å². The number of esters is 1. The summed E-state index contributed by atoms with van der Waals surface area (Å²) in [6.45, 7) is 4.42. The van der Waals surface area contributed by atoms with Gasteiger partial charge >= 0.3 is 5.97 Å². The summed E-state index contributed by atoms with van der Waals surface area (Å²) < 4.78 is 27.9. The van der Waals surface area contributed by atoms with E-state index in [1.807, 2.05) is 6.07 Å². The van der Waals surface area contributed by atoms with Gasteiger partial charge in [-0.25, -0.2) is 8.42 Å². The fraction of sp³-hybridized carbons (Fsp3) is 0.500. The maximum atomic E-state index is 11.6. The molecule has 24 heavy (non-hydrogen) atoms. The van der Waals surface area contributed by atoms with Crippen LogP contribution in [0.2, 0.25) is 0 Å². The molecule has 8 heteroatoms. The molecule has 0 radical (unpaired) electrons. The first kappa shape index (κ1) is 20.0. The molecule has 0 amide bonds. The predicted octanol–water partition coefficient (Wildman–Crippen LogP) is 0.873. The highest BCUT2D eigenvalue weighted by Gasteiger charge is 2.14. The molecule has 0 heterocycles. The number of nitrogens with zero attached hydrogens (tertiary/aromatic N) is 1. The van der Waals surface area contributed by atoms with Crippen molar-refractivity contribution in [1.29, 1.82) is 0 Å². The van der Waals surface area contributed by atoms with Gasteiger partial charge in [0.25, 0.3) is 0 Å². The topological polar surface area (TPSA) is 96.9 Å². The number of benzene rings is 1. The molecular weight excluding hydrogens is 330 g/mol. The number of carbonyl (C=O) groups excluding carboxylic acids is 1. The van der Waals surface area contributed by atoms with Crippen molar-refractivity contribution in [2.24, 2.45) is 10.9 Å². The molecule has 0 saturated carbocycles. The molecule has 1 rings (SSSR count). The van der Waals surface area contributed by atoms with Crippen LogP contribution in [0.25, 0.3) is 0 Å². The predicted molar refractivity (Wildman–Crippen MR) is 93.7 cm³/mol. The number of aliphatic imine (C=N–C) groups is 1. The molecule has 0 aliphatic carbocycles. The van der Waals surface area contributed by atoms with Crippen molar-refractivity contribution in [2.45, 2.75) is 25.3 Å². The van der Waals surface area contributed by atoms with Gasteiger partial charge < -0.3 is 15.4 Å². The Morgan fingerprint density at radius 3 is 2.50 bits per heavy atom. The van der Waals surface area contributed by atoms with Crippen LogP contribution in [0.5, 0.6) is 0 Å². The summed E-state index contributed by atoms with van der Waals surface area (Å²) in [6.07, 6.45) is 1.20. The molecule has 0 aromatic heterocycles. The van der Waals surface area contributed by atoms with Gasteiger partial charge in [0.05, 0.1) is 17.9 Å². The zero-order chi connectivity index (χ0) is 18.3. The molecule has 0 aliphatic rings. The third-order valence-electron chi connectivity index (χ3n) is 3.50. The normalized spacial score (nSPS) is 13.3. The minimum Gasteiger partial charge on any atom is -0.469 e. The van der Waals surface area contributed by atoms with E-state index >= 15 is 0 Å². The SMILES string of the molecule is CN=C(NCc1ccc(S(C)(=O)=O)c(C)c1)NCC(C)C(=O)OC. The van der Waals surface area contributed by atoms with Gasteiger partial charge in [-0.3, -0.25) is 9.79 Å². The quantitative estimate of drug-likeness (QED) is 0.447. The summed E-state index contributed by atoms with van der Waals surface area (Å²) in [6, 6.07) is 5.20. The monoisotopic (exact) mass is 355 g/mol. The Labute approximate surface area is 143 Å². The Morgan fingerprint density at radius 2 is 2.00 bits per heavy atom. The van der Waals surface area contributed by atoms with Crippen LogP contribution in [0.3, 0.4) is 0 Å². The largest absolute Gasteiger partial charge is 0.469 e. The van der Waals surface area contributed by atoms with Crippen LogP contribution >= 0.6 is 0 Å². The van der Waals surface area contributed by atoms with Crippen LogP contribution in [0.4, 0.5) is 0 Å². The average Bonchev–Trinajstić information content (AvgIpc) is 2.52. The van der Waals surface area contributed by atoms with Gasteiger partial charge in [0.2, 0.25) is 0 Å². The molecule has 1 unspecified atom stereocenters. The second kappa shape index (κ2) is 8.68. The molecule has 2 N–H and O–H groups in total. The van der Waals surface area contributed by atoms with Gasteiger partial charge in [0, 0.05) is 26.4 Å². The molecule has 0 spiro atoms. The van der Waals surface area contributed by atoms with Crippen molar-refractivity contribution in [1.82, 2.24) is 10.6 Å². The van der Waals surface area contributed by atoms with Crippen molar-refractivity contribution >= 4 is 21.8 Å². The molecule has 0 aliphatic heterocycles. The lowest BCUT2D eigenvalue weighted by molar-refractivity contribution is -0.144. The first-order valence-corrected chi connectivity index (χ1v) is 9.40. The molecule has 0 bridgehead atoms. The number of ether oxygens (including phenoxy) is 1. The number of methoxy groups -OCH3 is 1. The summed E-state index contributed by atoms with van der Waals surface area (Å²) in [5, 5.41) is 6.17. The van der Waals surface area contributed by atoms with E-state index in [2.05, 4.69) is 20.4 Å². The van der Waals surface area contributed by atoms with Crippen LogP contribution < -0.4 is 10.6 Å². The number of sulfone groups is 1. The minimum atomic E-state index is -3.22. The fourth-order valence-electron chi connectivity index (χ4n) is 2.18. The molecule has 1 aromatic carbocycles. The summed E-state index contributed by atoms with van der Waals surface area (Å²) in [5.41, 5.74) is 1.64. The first-order chi connectivity index (χ1) is 11.2. The molecular formula is C16H25N3O4S. The summed E-state index contributed by atoms with van der Waals surface area (Å²) in [4.78, 5) is 15.8. The highest BCUT2D eigenvalue weighted by atomic mass is 32.2. The van der Waals surface area contributed by atoms with Gasteiger partial charge in [0.1, 0.15) is 0 Å². The number of guanidine groups is 1. The van der Waals surface area contributed by atoms with Crippen molar-refractivity contribution < 1.29 is 17.9 Å². The number of nitrogens with one attached hydrogen (secondary N) is 2. The Hall–Kier alpha value is -2.09. The number of carbonyl (C=O) groups is 1. The van der Waals surface area contributed by atoms with Crippen LogP contribution in [0.1, 0.15) is 18.1 Å². The Bertz CT molecular complexity index is 714. The van der Waals surface area contributed by atoms with Gasteiger partial charge in [-0.2, -0.15) is 0 Å². The van der Waals surface area contributed by atoms with Gasteiger partial charge in [-0.1, -0.05) is 19.1 Å². The van der Waals surface area contributed by atoms with Crippen molar-refractivity contribution in [2.75, 3.05) is 27.0 Å². The van der Waals surface area contributed by atoms with Crippen molar-refractivity contribution in [3.63, 3.8) is 0 Å². The van der Waals surface area contributed by atoms with E-state index in [9.17, 15) is 13.2 Å². The third kappa shape index (κ3) is 5.84. The highest BCUT2D eigenvalue weighted by Crippen LogP contribution is 2.16. The average molecular weight is 355 g/mol. The summed E-state index contributed by atoms with van der Waals surface area (Å²) in [5.74, 6) is -0.0228. The maximum Gasteiger partial charge on any atom is 0.310 e. The molecule has 1 aromatic rings. The Kier molecular flexibility index (Phi) is 7.21. The zero-order valence-electron chi connectivity index (χ0n) is 14.7. The van der Waals surface area contributed by atoms with Crippen molar-refractivity contribution in [3.05, 3.63) is 29.3 Å². The standard InChI is InChI=1S/C16H25N3O4S/c1-11-8-13(6-7-14(11)24(5,21)22)10-19-16(17-3)18-9-12(2)15(20)23-4/h6-8,12H,9-10H2,1-5H3,(H2,17,18,19). The number of hydrogen-bond acceptors (Lipinski definition) is 5. The Balaban J connectivity index is 2.64. The van der Waals surface area contributed by atoms with Crippen LogP contribution in [0, 0.1) is 12.8 Å². The van der Waals surface area contributed by atoms with E-state index in [1.54, 1.807) is 33.0 Å². The third-order valence-corrected chi connectivity index (χ3v) is 4.76. The Morgan fingerprint density at radius 1 is 1.33 bits per heavy atom. The minimum absolute atomic E-state index is 0.287. The maximum absolute atomic E-state index is 11.6. The van der Waals surface area contributed by atoms with E-state index in [0.29, 0.717) is 29.5 Å². The summed E-state index contributed by atoms with van der Waals surface area (Å²) >= 11 is 0. The van der Waals surface area contributed by atoms with E-state index in [4.69, 9.17) is 0 Å². The van der Waals surface area contributed by atoms with E-state index in [1.165, 1.54) is 13.4 Å². The molecule has 0 fully saturated rings. The molecule has 1 atom stereocenters. The molecule has 0 saturated heterocycles. The van der Waals surface area contributed by atoms with Crippen LogP contribution in [0.15, 0.2) is 28.1 Å². The summed E-state index contributed by atoms with van der Waals surface area (Å²) in [7, 11) is -0.225. The molecule has 7 nitrogen and oxygen atoms in total. The van der Waals surface area contributed by atoms with Gasteiger partial charge in [-0.15, -0.1) is 0 Å². The van der Waals surface area contributed by atoms with Crippen LogP contribution in [-0.4, -0.2) is 47.3 Å². The van der Waals surface area contributed by atoms with Gasteiger partial charge in [0.15, 0.2) is 15.8 Å².